The summed E-state index contributed by atoms with van der Waals surface area (Å²) in [6.07, 6.45) is -16.3. The first-order valence-electron chi connectivity index (χ1n) is 4.71. The van der Waals surface area contributed by atoms with Crippen LogP contribution in [0.5, 0.6) is 5.75 Å². The highest BCUT2D eigenvalue weighted by Crippen LogP contribution is 2.37. The lowest BCUT2D eigenvalue weighted by molar-refractivity contribution is -0.300. The van der Waals surface area contributed by atoms with Gasteiger partial charge in [-0.05, 0) is 12.1 Å². The van der Waals surface area contributed by atoms with Crippen molar-refractivity contribution >= 4 is 6.29 Å². The molecule has 0 saturated carbocycles. The number of rotatable bonds is 3. The Labute approximate surface area is 105 Å². The summed E-state index contributed by atoms with van der Waals surface area (Å²) in [6.45, 7) is 0. The minimum Gasteiger partial charge on any atom is -0.465 e. The normalized spacial score (nSPS) is 12.7. The largest absolute Gasteiger partial charge is 0.465 e. The molecule has 0 aliphatic rings. The van der Waals surface area contributed by atoms with E-state index in [4.69, 9.17) is 0 Å². The van der Waals surface area contributed by atoms with Gasteiger partial charge >= 0.3 is 12.4 Å². The number of benzene rings is 1. The van der Waals surface area contributed by atoms with Gasteiger partial charge in [-0.25, -0.2) is 8.78 Å². The first kappa shape index (κ1) is 16.2. The van der Waals surface area contributed by atoms with E-state index >= 15 is 0 Å². The van der Waals surface area contributed by atoms with Gasteiger partial charge in [0, 0.05) is 5.56 Å². The zero-order valence-electron chi connectivity index (χ0n) is 9.15. The van der Waals surface area contributed by atoms with Gasteiger partial charge in [0.1, 0.15) is 6.29 Å². The van der Waals surface area contributed by atoms with E-state index in [1.54, 1.807) is 0 Å². The van der Waals surface area contributed by atoms with Crippen LogP contribution >= 0.6 is 0 Å². The Morgan fingerprint density at radius 2 is 1.35 bits per heavy atom. The topological polar surface area (TPSA) is 26.3 Å². The van der Waals surface area contributed by atoms with E-state index in [0.717, 1.165) is 0 Å². The number of aldehydes is 1. The molecule has 112 valence electrons. The highest BCUT2D eigenvalue weighted by atomic mass is 19.4. The molecule has 0 N–H and O–H groups in total. The number of carbonyl (C=O) groups is 1. The van der Waals surface area contributed by atoms with Crippen LogP contribution in [-0.2, 0) is 0 Å². The fourth-order valence-electron chi connectivity index (χ4n) is 1.20. The van der Waals surface area contributed by atoms with Crippen LogP contribution in [0.2, 0.25) is 0 Å². The number of carbonyl (C=O) groups excluding carboxylic acids is 1. The summed E-state index contributed by atoms with van der Waals surface area (Å²) >= 11 is 0. The van der Waals surface area contributed by atoms with Gasteiger partial charge in [-0.2, -0.15) is 26.3 Å². The first-order chi connectivity index (χ1) is 8.96. The summed E-state index contributed by atoms with van der Waals surface area (Å²) in [6, 6.07) is 0.491. The lowest BCUT2D eigenvalue weighted by Gasteiger charge is -2.24. The van der Waals surface area contributed by atoms with Gasteiger partial charge in [0.05, 0.1) is 0 Å². The summed E-state index contributed by atoms with van der Waals surface area (Å²) in [5.74, 6) is -5.58. The minimum atomic E-state index is -5.92. The molecule has 10 heteroatoms. The smallest absolute Gasteiger partial charge is 0.434 e. The van der Waals surface area contributed by atoms with Crippen LogP contribution in [0.1, 0.15) is 10.4 Å². The van der Waals surface area contributed by atoms with E-state index in [-0.39, 0.29) is 18.4 Å². The van der Waals surface area contributed by atoms with Gasteiger partial charge in [-0.1, -0.05) is 0 Å². The molecule has 0 atom stereocenters. The minimum absolute atomic E-state index is 0.0407. The Morgan fingerprint density at radius 3 is 1.65 bits per heavy atom. The second-order valence-corrected chi connectivity index (χ2v) is 3.51. The van der Waals surface area contributed by atoms with E-state index < -0.39 is 41.4 Å². The zero-order valence-corrected chi connectivity index (χ0v) is 9.15. The molecule has 1 rings (SSSR count). The molecular formula is C10H4F8O2. The molecule has 0 amide bonds. The fourth-order valence-corrected chi connectivity index (χ4v) is 1.20. The molecule has 0 fully saturated rings. The van der Waals surface area contributed by atoms with E-state index in [1.807, 2.05) is 0 Å². The summed E-state index contributed by atoms with van der Waals surface area (Å²) in [4.78, 5) is 10.2. The monoisotopic (exact) mass is 308 g/mol. The average Bonchev–Trinajstić information content (AvgIpc) is 2.23. The van der Waals surface area contributed by atoms with Crippen molar-refractivity contribution in [3.63, 3.8) is 0 Å². The van der Waals surface area contributed by atoms with Gasteiger partial charge in [-0.3, -0.25) is 4.79 Å². The molecular weight excluding hydrogens is 304 g/mol. The van der Waals surface area contributed by atoms with Crippen molar-refractivity contribution in [1.29, 1.82) is 0 Å². The van der Waals surface area contributed by atoms with Gasteiger partial charge in [0.15, 0.2) is 17.4 Å². The van der Waals surface area contributed by atoms with Crippen molar-refractivity contribution < 1.29 is 44.7 Å². The lowest BCUT2D eigenvalue weighted by Crippen LogP contribution is -2.46. The molecule has 0 aromatic heterocycles. The zero-order chi connectivity index (χ0) is 15.7. The highest BCUT2D eigenvalue weighted by molar-refractivity contribution is 5.75. The van der Waals surface area contributed by atoms with Crippen LogP contribution < -0.4 is 4.74 Å². The quantitative estimate of drug-likeness (QED) is 0.629. The second-order valence-electron chi connectivity index (χ2n) is 3.51. The Kier molecular flexibility index (Phi) is 4.25. The van der Waals surface area contributed by atoms with Crippen molar-refractivity contribution in [2.75, 3.05) is 0 Å². The third-order valence-electron chi connectivity index (χ3n) is 1.99. The van der Waals surface area contributed by atoms with Crippen molar-refractivity contribution in [2.45, 2.75) is 18.5 Å². The van der Waals surface area contributed by atoms with E-state index in [1.165, 1.54) is 0 Å². The molecule has 0 unspecified atom stereocenters. The van der Waals surface area contributed by atoms with E-state index in [2.05, 4.69) is 4.74 Å². The second kappa shape index (κ2) is 5.25. The standard InChI is InChI=1S/C10H4F8O2/c11-5-1-4(3-19)2-6(12)7(5)20-8(9(13,14)15)10(16,17)18/h1-3,8H. The van der Waals surface area contributed by atoms with Crippen LogP contribution in [0.25, 0.3) is 0 Å². The summed E-state index contributed by atoms with van der Waals surface area (Å²) < 4.78 is 103. The van der Waals surface area contributed by atoms with Crippen molar-refractivity contribution in [2.24, 2.45) is 0 Å². The predicted octanol–water partition coefficient (Wildman–Crippen LogP) is 3.65. The predicted molar refractivity (Wildman–Crippen MR) is 48.3 cm³/mol. The maximum Gasteiger partial charge on any atom is 0.434 e. The Balaban J connectivity index is 3.22. The van der Waals surface area contributed by atoms with Crippen molar-refractivity contribution in [3.05, 3.63) is 29.3 Å². The van der Waals surface area contributed by atoms with Crippen LogP contribution in [0.3, 0.4) is 0 Å². The summed E-state index contributed by atoms with van der Waals surface area (Å²) in [5.41, 5.74) is -0.608. The molecule has 1 aromatic rings. The molecule has 0 spiro atoms. The number of hydrogen-bond donors (Lipinski definition) is 0. The molecule has 0 saturated heterocycles. The van der Waals surface area contributed by atoms with Crippen molar-refractivity contribution in [1.82, 2.24) is 0 Å². The molecule has 20 heavy (non-hydrogen) atoms. The number of halogens is 8. The summed E-state index contributed by atoms with van der Waals surface area (Å²) in [7, 11) is 0. The van der Waals surface area contributed by atoms with Crippen LogP contribution in [-0.4, -0.2) is 24.7 Å². The molecule has 0 bridgehead atoms. The summed E-state index contributed by atoms with van der Waals surface area (Å²) in [5, 5.41) is 0. The SMILES string of the molecule is O=Cc1cc(F)c(OC(C(F)(F)F)C(F)(F)F)c(F)c1. The highest BCUT2D eigenvalue weighted by Gasteiger charge is 2.59. The Morgan fingerprint density at radius 1 is 0.950 bits per heavy atom. The maximum atomic E-state index is 13.2. The maximum absolute atomic E-state index is 13.2. The molecule has 1 aromatic carbocycles. The first-order valence-corrected chi connectivity index (χ1v) is 4.71. The van der Waals surface area contributed by atoms with Crippen LogP contribution in [0, 0.1) is 11.6 Å². The molecule has 0 aliphatic carbocycles. The van der Waals surface area contributed by atoms with E-state index in [9.17, 15) is 39.9 Å². The van der Waals surface area contributed by atoms with Crippen LogP contribution in [0.4, 0.5) is 35.1 Å². The van der Waals surface area contributed by atoms with Crippen molar-refractivity contribution in [3.8, 4) is 5.75 Å². The number of alkyl halides is 6. The van der Waals surface area contributed by atoms with Gasteiger partial charge in [0.25, 0.3) is 6.10 Å². The number of ether oxygens (including phenoxy) is 1. The third kappa shape index (κ3) is 3.58. The Bertz CT molecular complexity index is 468. The van der Waals surface area contributed by atoms with Crippen LogP contribution in [0.15, 0.2) is 12.1 Å². The lowest BCUT2D eigenvalue weighted by atomic mass is 10.2. The fraction of sp³-hybridized carbons (Fsp3) is 0.300. The average molecular weight is 308 g/mol. The molecule has 0 heterocycles. The van der Waals surface area contributed by atoms with E-state index in [0.29, 0.717) is 0 Å². The molecule has 0 aliphatic heterocycles. The molecule has 0 radical (unpaired) electrons. The van der Waals surface area contributed by atoms with Gasteiger partial charge in [-0.15, -0.1) is 0 Å². The van der Waals surface area contributed by atoms with Gasteiger partial charge in [0.2, 0.25) is 0 Å². The number of hydrogen-bond acceptors (Lipinski definition) is 2. The third-order valence-corrected chi connectivity index (χ3v) is 1.99. The molecule has 2 nitrogen and oxygen atoms in total. The Hall–Kier alpha value is -1.87. The van der Waals surface area contributed by atoms with Gasteiger partial charge < -0.3 is 4.74 Å².